The molecule has 0 aliphatic carbocycles. The summed E-state index contributed by atoms with van der Waals surface area (Å²) in [6, 6.07) is 6.69. The fraction of sp³-hybridized carbons (Fsp3) is 0.167. The summed E-state index contributed by atoms with van der Waals surface area (Å²) in [5.41, 5.74) is 1.23. The van der Waals surface area contributed by atoms with Gasteiger partial charge in [-0.3, -0.25) is 4.79 Å². The number of nitrogens with zero attached hydrogens (tertiary/aromatic N) is 2. The van der Waals surface area contributed by atoms with Crippen molar-refractivity contribution in [3.8, 4) is 0 Å². The van der Waals surface area contributed by atoms with Crippen molar-refractivity contribution in [1.82, 2.24) is 5.01 Å². The quantitative estimate of drug-likeness (QED) is 0.482. The van der Waals surface area contributed by atoms with Gasteiger partial charge in [0.2, 0.25) is 0 Å². The van der Waals surface area contributed by atoms with Crippen molar-refractivity contribution < 1.29 is 14.3 Å². The zero-order chi connectivity index (χ0) is 13.8. The van der Waals surface area contributed by atoms with E-state index in [1.807, 2.05) is 0 Å². The predicted octanol–water partition coefficient (Wildman–Crippen LogP) is 1.67. The van der Waals surface area contributed by atoms with E-state index in [9.17, 15) is 9.59 Å². The van der Waals surface area contributed by atoms with Gasteiger partial charge >= 0.3 is 5.97 Å². The van der Waals surface area contributed by atoms with Gasteiger partial charge in [0, 0.05) is 0 Å². The molecule has 0 spiro atoms. The molecule has 1 saturated heterocycles. The van der Waals surface area contributed by atoms with Crippen LogP contribution in [0.4, 0.5) is 0 Å². The molecule has 1 aliphatic rings. The number of ether oxygens (including phenoxy) is 1. The summed E-state index contributed by atoms with van der Waals surface area (Å²) in [5, 5.41) is 5.23. The number of amides is 1. The maximum Gasteiger partial charge on any atom is 0.337 e. The Labute approximate surface area is 119 Å². The average molecular weight is 294 g/mol. The first-order valence-corrected chi connectivity index (χ1v) is 6.73. The van der Waals surface area contributed by atoms with Gasteiger partial charge in [-0.05, 0) is 17.7 Å². The van der Waals surface area contributed by atoms with Gasteiger partial charge in [-0.25, -0.2) is 4.79 Å². The molecule has 19 heavy (non-hydrogen) atoms. The molecular formula is C12H10N2O3S2. The van der Waals surface area contributed by atoms with E-state index in [2.05, 4.69) is 9.84 Å². The molecule has 1 heterocycles. The number of rotatable bonds is 3. The van der Waals surface area contributed by atoms with Gasteiger partial charge in [0.15, 0.2) is 4.32 Å². The summed E-state index contributed by atoms with van der Waals surface area (Å²) in [4.78, 5) is 22.7. The maximum atomic E-state index is 11.4. The van der Waals surface area contributed by atoms with Crippen molar-refractivity contribution >= 4 is 46.4 Å². The van der Waals surface area contributed by atoms with E-state index in [4.69, 9.17) is 12.2 Å². The molecule has 2 rings (SSSR count). The summed E-state index contributed by atoms with van der Waals surface area (Å²) in [7, 11) is 1.33. The van der Waals surface area contributed by atoms with E-state index < -0.39 is 5.97 Å². The molecule has 98 valence electrons. The number of hydrazone groups is 1. The third-order valence-electron chi connectivity index (χ3n) is 2.38. The zero-order valence-electron chi connectivity index (χ0n) is 10.0. The molecule has 0 bridgehead atoms. The summed E-state index contributed by atoms with van der Waals surface area (Å²) < 4.78 is 5.05. The third kappa shape index (κ3) is 3.18. The molecule has 0 saturated carbocycles. The highest BCUT2D eigenvalue weighted by molar-refractivity contribution is 8.23. The monoisotopic (exact) mass is 294 g/mol. The van der Waals surface area contributed by atoms with E-state index >= 15 is 0 Å². The summed E-state index contributed by atoms with van der Waals surface area (Å²) in [6.07, 6.45) is 1.52. The van der Waals surface area contributed by atoms with E-state index in [0.29, 0.717) is 15.6 Å². The number of thiocarbonyl (C=S) groups is 1. The fourth-order valence-electron chi connectivity index (χ4n) is 1.41. The Bertz CT molecular complexity index is 539. The number of carbonyl (C=O) groups excluding carboxylic acids is 2. The molecule has 0 atom stereocenters. The normalized spacial score (nSPS) is 15.3. The van der Waals surface area contributed by atoms with Crippen molar-refractivity contribution in [2.75, 3.05) is 12.9 Å². The van der Waals surface area contributed by atoms with Crippen molar-refractivity contribution in [3.05, 3.63) is 35.4 Å². The molecule has 0 N–H and O–H groups in total. The van der Waals surface area contributed by atoms with Crippen molar-refractivity contribution in [3.63, 3.8) is 0 Å². The van der Waals surface area contributed by atoms with Gasteiger partial charge in [0.05, 0.1) is 24.6 Å². The van der Waals surface area contributed by atoms with Crippen LogP contribution in [-0.2, 0) is 9.53 Å². The topological polar surface area (TPSA) is 59.0 Å². The van der Waals surface area contributed by atoms with E-state index in [-0.39, 0.29) is 5.91 Å². The Morgan fingerprint density at radius 1 is 1.47 bits per heavy atom. The minimum Gasteiger partial charge on any atom is -0.465 e. The summed E-state index contributed by atoms with van der Waals surface area (Å²) >= 11 is 6.29. The zero-order valence-corrected chi connectivity index (χ0v) is 11.7. The summed E-state index contributed by atoms with van der Waals surface area (Å²) in [6.45, 7) is 0. The molecule has 1 aromatic carbocycles. The molecule has 1 aliphatic heterocycles. The van der Waals surface area contributed by atoms with E-state index in [0.717, 1.165) is 5.56 Å². The number of hydrogen-bond acceptors (Lipinski definition) is 6. The molecule has 0 radical (unpaired) electrons. The number of carbonyl (C=O) groups is 2. The lowest BCUT2D eigenvalue weighted by molar-refractivity contribution is -0.123. The van der Waals surface area contributed by atoms with Gasteiger partial charge in [-0.1, -0.05) is 36.1 Å². The van der Waals surface area contributed by atoms with Crippen LogP contribution in [0.25, 0.3) is 0 Å². The van der Waals surface area contributed by atoms with Gasteiger partial charge in [0.25, 0.3) is 5.91 Å². The molecule has 0 unspecified atom stereocenters. The Hall–Kier alpha value is -1.73. The molecular weight excluding hydrogens is 284 g/mol. The van der Waals surface area contributed by atoms with Crippen molar-refractivity contribution in [2.45, 2.75) is 0 Å². The lowest BCUT2D eigenvalue weighted by Crippen LogP contribution is -2.22. The minimum absolute atomic E-state index is 0.127. The lowest BCUT2D eigenvalue weighted by Gasteiger charge is -2.06. The van der Waals surface area contributed by atoms with Crippen LogP contribution in [0.2, 0.25) is 0 Å². The molecule has 1 aromatic rings. The molecule has 5 nitrogen and oxygen atoms in total. The van der Waals surface area contributed by atoms with Gasteiger partial charge in [-0.2, -0.15) is 10.1 Å². The Morgan fingerprint density at radius 3 is 2.68 bits per heavy atom. The minimum atomic E-state index is -0.393. The van der Waals surface area contributed by atoms with Gasteiger partial charge in [0.1, 0.15) is 0 Å². The second kappa shape index (κ2) is 5.94. The van der Waals surface area contributed by atoms with Crippen molar-refractivity contribution in [1.29, 1.82) is 0 Å². The second-order valence-electron chi connectivity index (χ2n) is 3.62. The van der Waals surface area contributed by atoms with Crippen LogP contribution >= 0.6 is 24.0 Å². The van der Waals surface area contributed by atoms with Crippen LogP contribution in [0.3, 0.4) is 0 Å². The number of methoxy groups -OCH3 is 1. The Balaban J connectivity index is 2.09. The highest BCUT2D eigenvalue weighted by atomic mass is 32.2. The number of thioether (sulfide) groups is 1. The first-order valence-electron chi connectivity index (χ1n) is 5.34. The van der Waals surface area contributed by atoms with Crippen molar-refractivity contribution in [2.24, 2.45) is 5.10 Å². The number of benzene rings is 1. The van der Waals surface area contributed by atoms with Gasteiger partial charge in [-0.15, -0.1) is 0 Å². The standard InChI is InChI=1S/C12H10N2O3S2/c1-17-11(16)9-4-2-8(3-5-9)6-13-14-10(15)7-19-12(14)18/h2-6H,7H2,1H3/b13-6+. The summed E-state index contributed by atoms with van der Waals surface area (Å²) in [5.74, 6) is -0.189. The van der Waals surface area contributed by atoms with Crippen LogP contribution < -0.4 is 0 Å². The SMILES string of the molecule is COC(=O)c1ccc(/C=N/N2C(=O)CSC2=S)cc1. The smallest absolute Gasteiger partial charge is 0.337 e. The molecule has 7 heteroatoms. The third-order valence-corrected chi connectivity index (χ3v) is 3.72. The second-order valence-corrected chi connectivity index (χ2v) is 5.23. The lowest BCUT2D eigenvalue weighted by atomic mass is 10.1. The largest absolute Gasteiger partial charge is 0.465 e. The van der Waals surface area contributed by atoms with Crippen LogP contribution in [0.15, 0.2) is 29.4 Å². The number of hydrogen-bond donors (Lipinski definition) is 0. The van der Waals surface area contributed by atoms with Crippen LogP contribution in [0.1, 0.15) is 15.9 Å². The highest BCUT2D eigenvalue weighted by Gasteiger charge is 2.25. The van der Waals surface area contributed by atoms with Gasteiger partial charge < -0.3 is 4.74 Å². The Morgan fingerprint density at radius 2 is 2.16 bits per heavy atom. The highest BCUT2D eigenvalue weighted by Crippen LogP contribution is 2.19. The maximum absolute atomic E-state index is 11.4. The van der Waals surface area contributed by atoms with Crippen LogP contribution in [0, 0.1) is 0 Å². The van der Waals surface area contributed by atoms with E-state index in [1.54, 1.807) is 24.3 Å². The molecule has 1 amide bonds. The molecule has 1 fully saturated rings. The first kappa shape index (κ1) is 13.7. The van der Waals surface area contributed by atoms with Crippen LogP contribution in [0.5, 0.6) is 0 Å². The predicted molar refractivity (Wildman–Crippen MR) is 77.3 cm³/mol. The average Bonchev–Trinajstić information content (AvgIpc) is 2.75. The Kier molecular flexibility index (Phi) is 4.28. The van der Waals surface area contributed by atoms with Crippen LogP contribution in [-0.4, -0.2) is 40.3 Å². The van der Waals surface area contributed by atoms with E-state index in [1.165, 1.54) is 30.1 Å². The first-order chi connectivity index (χ1) is 9.11. The fourth-order valence-corrected chi connectivity index (χ4v) is 2.37. The molecule has 0 aromatic heterocycles. The number of esters is 1.